The molecule has 2 heterocycles. The van der Waals surface area contributed by atoms with E-state index in [1.54, 1.807) is 30.2 Å². The van der Waals surface area contributed by atoms with E-state index in [1.807, 2.05) is 30.3 Å². The summed E-state index contributed by atoms with van der Waals surface area (Å²) in [6, 6.07) is 16.1. The number of hydrogen-bond acceptors (Lipinski definition) is 4. The number of benzene rings is 2. The second-order valence-electron chi connectivity index (χ2n) is 7.84. The first-order chi connectivity index (χ1) is 15.0. The fourth-order valence-corrected chi connectivity index (χ4v) is 4.92. The number of thiazole rings is 1. The highest BCUT2D eigenvalue weighted by Crippen LogP contribution is 2.37. The van der Waals surface area contributed by atoms with Crippen LogP contribution in [0, 0.1) is 5.82 Å². The van der Waals surface area contributed by atoms with Crippen LogP contribution in [0.1, 0.15) is 35.8 Å². The Morgan fingerprint density at radius 1 is 1.10 bits per heavy atom. The minimum absolute atomic E-state index is 0.0347. The Morgan fingerprint density at radius 3 is 2.42 bits per heavy atom. The molecular weight excluding hydrogens is 413 g/mol. The summed E-state index contributed by atoms with van der Waals surface area (Å²) in [5.41, 5.74) is 1.25. The number of anilines is 1. The second-order valence-corrected chi connectivity index (χ2v) is 8.96. The minimum Gasteiger partial charge on any atom is -0.343 e. The van der Waals surface area contributed by atoms with Gasteiger partial charge in [0.05, 0.1) is 5.41 Å². The molecule has 7 heteroatoms. The molecule has 1 saturated heterocycles. The van der Waals surface area contributed by atoms with Crippen LogP contribution in [0.4, 0.5) is 9.52 Å². The van der Waals surface area contributed by atoms with E-state index in [1.165, 1.54) is 23.5 Å². The quantitative estimate of drug-likeness (QED) is 0.644. The predicted octanol–water partition coefficient (Wildman–Crippen LogP) is 4.39. The van der Waals surface area contributed by atoms with Crippen LogP contribution in [-0.4, -0.2) is 34.8 Å². The molecule has 2 aromatic carbocycles. The summed E-state index contributed by atoms with van der Waals surface area (Å²) in [5.74, 6) is -0.319. The highest BCUT2D eigenvalue weighted by atomic mass is 32.1. The molecule has 1 aromatic heterocycles. The van der Waals surface area contributed by atoms with Gasteiger partial charge in [-0.25, -0.2) is 9.37 Å². The van der Waals surface area contributed by atoms with Crippen molar-refractivity contribution in [3.05, 3.63) is 82.6 Å². The van der Waals surface area contributed by atoms with E-state index in [-0.39, 0.29) is 17.6 Å². The van der Waals surface area contributed by atoms with Crippen molar-refractivity contribution in [3.8, 4) is 0 Å². The number of nitrogens with zero attached hydrogens (tertiary/aromatic N) is 2. The van der Waals surface area contributed by atoms with Gasteiger partial charge in [0, 0.05) is 37.5 Å². The molecule has 4 rings (SSSR count). The molecule has 1 aliphatic heterocycles. The number of piperidine rings is 1. The molecule has 1 fully saturated rings. The molecule has 0 atom stereocenters. The molecule has 5 nitrogen and oxygen atoms in total. The maximum Gasteiger partial charge on any atom is 0.236 e. The molecule has 2 amide bonds. The number of carbonyl (C=O) groups is 2. The van der Waals surface area contributed by atoms with Gasteiger partial charge in [-0.2, -0.15) is 0 Å². The lowest BCUT2D eigenvalue weighted by Crippen LogP contribution is -2.50. The smallest absolute Gasteiger partial charge is 0.236 e. The number of hydrogen-bond donors (Lipinski definition) is 1. The maximum atomic E-state index is 13.5. The van der Waals surface area contributed by atoms with Crippen LogP contribution < -0.4 is 5.32 Å². The summed E-state index contributed by atoms with van der Waals surface area (Å²) < 4.78 is 13.1. The Balaban J connectivity index is 1.51. The average Bonchev–Trinajstić information content (AvgIpc) is 3.22. The number of carbonyl (C=O) groups excluding carboxylic acids is 2. The Hall–Kier alpha value is -3.06. The lowest BCUT2D eigenvalue weighted by Gasteiger charge is -2.40. The van der Waals surface area contributed by atoms with Crippen molar-refractivity contribution >= 4 is 28.3 Å². The highest BCUT2D eigenvalue weighted by Gasteiger charge is 2.43. The van der Waals surface area contributed by atoms with Crippen molar-refractivity contribution in [1.82, 2.24) is 9.88 Å². The molecule has 0 unspecified atom stereocenters. The van der Waals surface area contributed by atoms with Crippen molar-refractivity contribution in [2.24, 2.45) is 0 Å². The summed E-state index contributed by atoms with van der Waals surface area (Å²) in [6.45, 7) is 2.66. The molecule has 0 aliphatic carbocycles. The number of likely N-dealkylation sites (tertiary alicyclic amines) is 1. The normalized spacial score (nSPS) is 15.5. The van der Waals surface area contributed by atoms with E-state index < -0.39 is 5.41 Å². The van der Waals surface area contributed by atoms with Crippen LogP contribution >= 0.6 is 11.3 Å². The van der Waals surface area contributed by atoms with Gasteiger partial charge in [0.15, 0.2) is 5.13 Å². The van der Waals surface area contributed by atoms with Crippen molar-refractivity contribution in [2.75, 3.05) is 18.4 Å². The van der Waals surface area contributed by atoms with Crippen LogP contribution in [0.3, 0.4) is 0 Å². The Kier molecular flexibility index (Phi) is 6.13. The largest absolute Gasteiger partial charge is 0.343 e. The monoisotopic (exact) mass is 437 g/mol. The Bertz CT molecular complexity index is 1060. The van der Waals surface area contributed by atoms with Crippen molar-refractivity contribution in [3.63, 3.8) is 0 Å². The van der Waals surface area contributed by atoms with Crippen LogP contribution in [-0.2, 0) is 21.4 Å². The molecule has 0 radical (unpaired) electrons. The lowest BCUT2D eigenvalue weighted by molar-refractivity contribution is -0.133. The van der Waals surface area contributed by atoms with Crippen LogP contribution in [0.2, 0.25) is 0 Å². The fourth-order valence-electron chi connectivity index (χ4n) is 4.07. The number of halogens is 1. The third kappa shape index (κ3) is 4.66. The van der Waals surface area contributed by atoms with E-state index >= 15 is 0 Å². The molecule has 0 spiro atoms. The van der Waals surface area contributed by atoms with Crippen LogP contribution in [0.15, 0.2) is 60.8 Å². The zero-order valence-electron chi connectivity index (χ0n) is 17.3. The van der Waals surface area contributed by atoms with E-state index in [0.717, 1.165) is 16.0 Å². The average molecular weight is 438 g/mol. The molecular formula is C24H24FN3O2S. The van der Waals surface area contributed by atoms with Gasteiger partial charge in [-0.3, -0.25) is 9.59 Å². The van der Waals surface area contributed by atoms with Gasteiger partial charge in [-0.05, 0) is 36.1 Å². The summed E-state index contributed by atoms with van der Waals surface area (Å²) >= 11 is 1.42. The standard InChI is InChI=1S/C24H24FN3O2S/c1-17(29)28-13-11-24(12-14-28,19-5-3-2-4-6-19)22(30)27-23-26-16-21(31-23)15-18-7-9-20(25)10-8-18/h2-10,16H,11-15H2,1H3,(H,26,27,30). The number of amides is 2. The number of nitrogens with one attached hydrogen (secondary N) is 1. The van der Waals surface area contributed by atoms with E-state index in [9.17, 15) is 14.0 Å². The Morgan fingerprint density at radius 2 is 1.77 bits per heavy atom. The maximum absolute atomic E-state index is 13.5. The molecule has 160 valence electrons. The van der Waals surface area contributed by atoms with Crippen LogP contribution in [0.25, 0.3) is 0 Å². The van der Waals surface area contributed by atoms with Gasteiger partial charge in [-0.1, -0.05) is 42.5 Å². The second kappa shape index (κ2) is 8.98. The molecule has 3 aromatic rings. The molecule has 1 aliphatic rings. The van der Waals surface area contributed by atoms with Gasteiger partial charge in [-0.15, -0.1) is 11.3 Å². The summed E-state index contributed by atoms with van der Waals surface area (Å²) in [6.07, 6.45) is 3.51. The summed E-state index contributed by atoms with van der Waals surface area (Å²) in [7, 11) is 0. The molecule has 0 saturated carbocycles. The zero-order valence-corrected chi connectivity index (χ0v) is 18.1. The summed E-state index contributed by atoms with van der Waals surface area (Å²) in [4.78, 5) is 32.4. The third-order valence-corrected chi connectivity index (χ3v) is 6.80. The predicted molar refractivity (Wildman–Crippen MR) is 120 cm³/mol. The summed E-state index contributed by atoms with van der Waals surface area (Å²) in [5, 5.41) is 3.56. The van der Waals surface area contributed by atoms with Gasteiger partial charge in [0.1, 0.15) is 5.82 Å². The first-order valence-corrected chi connectivity index (χ1v) is 11.1. The van der Waals surface area contributed by atoms with Gasteiger partial charge >= 0.3 is 0 Å². The van der Waals surface area contributed by atoms with Gasteiger partial charge in [0.25, 0.3) is 0 Å². The molecule has 31 heavy (non-hydrogen) atoms. The first-order valence-electron chi connectivity index (χ1n) is 10.3. The fraction of sp³-hybridized carbons (Fsp3) is 0.292. The van der Waals surface area contributed by atoms with Crippen molar-refractivity contribution in [2.45, 2.75) is 31.6 Å². The van der Waals surface area contributed by atoms with Crippen LogP contribution in [0.5, 0.6) is 0 Å². The first kappa shape index (κ1) is 21.2. The van der Waals surface area contributed by atoms with Crippen molar-refractivity contribution < 1.29 is 14.0 Å². The number of rotatable bonds is 5. The molecule has 0 bridgehead atoms. The van der Waals surface area contributed by atoms with E-state index in [0.29, 0.717) is 37.5 Å². The minimum atomic E-state index is -0.698. The third-order valence-electron chi connectivity index (χ3n) is 5.89. The van der Waals surface area contributed by atoms with Crippen molar-refractivity contribution in [1.29, 1.82) is 0 Å². The molecule has 1 N–H and O–H groups in total. The highest BCUT2D eigenvalue weighted by molar-refractivity contribution is 7.15. The number of aromatic nitrogens is 1. The van der Waals surface area contributed by atoms with E-state index in [4.69, 9.17) is 0 Å². The Labute approximate surface area is 184 Å². The SMILES string of the molecule is CC(=O)N1CCC(C(=O)Nc2ncc(Cc3ccc(F)cc3)s2)(c2ccccc2)CC1. The lowest BCUT2D eigenvalue weighted by atomic mass is 9.72. The van der Waals surface area contributed by atoms with Gasteiger partial charge < -0.3 is 10.2 Å². The van der Waals surface area contributed by atoms with E-state index in [2.05, 4.69) is 10.3 Å². The topological polar surface area (TPSA) is 62.3 Å². The zero-order chi connectivity index (χ0) is 21.8. The van der Waals surface area contributed by atoms with Gasteiger partial charge in [0.2, 0.25) is 11.8 Å².